The maximum Gasteiger partial charge on any atom is 0.455 e. The van der Waals surface area contributed by atoms with E-state index in [0.717, 1.165) is 6.07 Å². The molecule has 88 valence electrons. The van der Waals surface area contributed by atoms with Crippen molar-refractivity contribution < 1.29 is 27.4 Å². The Hall–Kier alpha value is -1.56. The van der Waals surface area contributed by atoms with E-state index in [0.29, 0.717) is 0 Å². The van der Waals surface area contributed by atoms with Gasteiger partial charge in [0.25, 0.3) is 5.78 Å². The van der Waals surface area contributed by atoms with Crippen molar-refractivity contribution in [3.63, 3.8) is 0 Å². The number of rotatable bonds is 4. The van der Waals surface area contributed by atoms with Crippen molar-refractivity contribution in [1.82, 2.24) is 0 Å². The lowest BCUT2D eigenvalue weighted by molar-refractivity contribution is -0.0888. The van der Waals surface area contributed by atoms with Crippen molar-refractivity contribution in [3.8, 4) is 5.75 Å². The fourth-order valence-electron chi connectivity index (χ4n) is 1.06. The maximum atomic E-state index is 12.2. The molecular weight excluding hydrogens is 225 g/mol. The Morgan fingerprint density at radius 2 is 1.94 bits per heavy atom. The lowest BCUT2D eigenvalue weighted by atomic mass is 10.1. The van der Waals surface area contributed by atoms with Gasteiger partial charge in [0.15, 0.2) is 6.79 Å². The molecule has 0 spiro atoms. The highest BCUT2D eigenvalue weighted by molar-refractivity contribution is 6.02. The van der Waals surface area contributed by atoms with Gasteiger partial charge in [-0.15, -0.1) is 0 Å². The fourth-order valence-corrected chi connectivity index (χ4v) is 1.06. The van der Waals surface area contributed by atoms with E-state index in [1.165, 1.54) is 25.3 Å². The van der Waals surface area contributed by atoms with E-state index >= 15 is 0 Å². The summed E-state index contributed by atoms with van der Waals surface area (Å²) >= 11 is 0. The largest absolute Gasteiger partial charge is 0.467 e. The van der Waals surface area contributed by atoms with Crippen LogP contribution in [0.1, 0.15) is 10.4 Å². The number of halogens is 3. The highest BCUT2D eigenvalue weighted by Gasteiger charge is 2.40. The van der Waals surface area contributed by atoms with Crippen molar-refractivity contribution >= 4 is 5.78 Å². The van der Waals surface area contributed by atoms with E-state index in [1.54, 1.807) is 0 Å². The summed E-state index contributed by atoms with van der Waals surface area (Å²) in [6, 6.07) is 5.13. The minimum absolute atomic E-state index is 0.147. The van der Waals surface area contributed by atoms with Crippen molar-refractivity contribution in [3.05, 3.63) is 29.8 Å². The first-order valence-corrected chi connectivity index (χ1v) is 4.29. The maximum absolute atomic E-state index is 12.2. The molecule has 1 rings (SSSR count). The van der Waals surface area contributed by atoms with Gasteiger partial charge in [-0.1, -0.05) is 12.1 Å². The van der Waals surface area contributed by atoms with Crippen molar-refractivity contribution in [2.24, 2.45) is 0 Å². The van der Waals surface area contributed by atoms with Crippen LogP contribution >= 0.6 is 0 Å². The summed E-state index contributed by atoms with van der Waals surface area (Å²) in [6.45, 7) is -0.220. The van der Waals surface area contributed by atoms with Gasteiger partial charge < -0.3 is 9.47 Å². The molecule has 0 heterocycles. The molecule has 0 aliphatic heterocycles. The van der Waals surface area contributed by atoms with Crippen molar-refractivity contribution in [1.29, 1.82) is 0 Å². The van der Waals surface area contributed by atoms with E-state index < -0.39 is 17.5 Å². The Balaban J connectivity index is 2.99. The van der Waals surface area contributed by atoms with E-state index in [1.807, 2.05) is 0 Å². The highest BCUT2D eigenvalue weighted by atomic mass is 19.4. The summed E-state index contributed by atoms with van der Waals surface area (Å²) in [5.41, 5.74) is -0.521. The van der Waals surface area contributed by atoms with Crippen LogP contribution in [0.4, 0.5) is 13.2 Å². The Morgan fingerprint density at radius 1 is 1.31 bits per heavy atom. The molecule has 16 heavy (non-hydrogen) atoms. The summed E-state index contributed by atoms with van der Waals surface area (Å²) in [5.74, 6) is -2.08. The molecule has 0 saturated heterocycles. The number of ether oxygens (including phenoxy) is 2. The molecule has 0 aliphatic carbocycles. The van der Waals surface area contributed by atoms with Crippen molar-refractivity contribution in [2.45, 2.75) is 6.18 Å². The van der Waals surface area contributed by atoms with Crippen LogP contribution in [0.3, 0.4) is 0 Å². The summed E-state index contributed by atoms with van der Waals surface area (Å²) in [5, 5.41) is 0. The quantitative estimate of drug-likeness (QED) is 0.592. The van der Waals surface area contributed by atoms with E-state index in [4.69, 9.17) is 4.74 Å². The predicted octanol–water partition coefficient (Wildman–Crippen LogP) is 2.41. The third-order valence-electron chi connectivity index (χ3n) is 1.72. The zero-order valence-electron chi connectivity index (χ0n) is 8.38. The first kappa shape index (κ1) is 12.5. The van der Waals surface area contributed by atoms with Gasteiger partial charge in [0.05, 0.1) is 5.56 Å². The Labute approximate surface area is 89.8 Å². The number of benzene rings is 1. The number of carbonyl (C=O) groups excluding carboxylic acids is 1. The zero-order chi connectivity index (χ0) is 12.2. The number of carbonyl (C=O) groups is 1. The molecular formula is C10H9F3O3. The van der Waals surface area contributed by atoms with E-state index in [-0.39, 0.29) is 12.5 Å². The SMILES string of the molecule is COCOc1ccccc1C(=O)C(F)(F)F. The van der Waals surface area contributed by atoms with Crippen LogP contribution < -0.4 is 4.74 Å². The molecule has 0 aromatic heterocycles. The summed E-state index contributed by atoms with van der Waals surface area (Å²) in [4.78, 5) is 11.0. The van der Waals surface area contributed by atoms with Crippen LogP contribution in [0, 0.1) is 0 Å². The number of methoxy groups -OCH3 is 1. The normalized spacial score (nSPS) is 11.2. The summed E-state index contributed by atoms with van der Waals surface area (Å²) in [6.07, 6.45) is -4.91. The molecule has 1 aromatic rings. The molecule has 1 aromatic carbocycles. The van der Waals surface area contributed by atoms with Crippen LogP contribution in [-0.2, 0) is 4.74 Å². The third-order valence-corrected chi connectivity index (χ3v) is 1.72. The average Bonchev–Trinajstić information content (AvgIpc) is 2.24. The first-order chi connectivity index (χ1) is 7.46. The topological polar surface area (TPSA) is 35.5 Å². The lowest BCUT2D eigenvalue weighted by Crippen LogP contribution is -2.23. The van der Waals surface area contributed by atoms with Gasteiger partial charge in [-0.25, -0.2) is 0 Å². The minimum Gasteiger partial charge on any atom is -0.467 e. The van der Waals surface area contributed by atoms with Crippen LogP contribution in [-0.4, -0.2) is 25.9 Å². The van der Waals surface area contributed by atoms with Crippen molar-refractivity contribution in [2.75, 3.05) is 13.9 Å². The van der Waals surface area contributed by atoms with Gasteiger partial charge in [0, 0.05) is 7.11 Å². The lowest BCUT2D eigenvalue weighted by Gasteiger charge is -2.11. The fraction of sp³-hybridized carbons (Fsp3) is 0.300. The van der Waals surface area contributed by atoms with Crippen LogP contribution in [0.25, 0.3) is 0 Å². The zero-order valence-corrected chi connectivity index (χ0v) is 8.38. The monoisotopic (exact) mass is 234 g/mol. The molecule has 0 aliphatic rings. The molecule has 0 amide bonds. The van der Waals surface area contributed by atoms with Crippen LogP contribution in [0.2, 0.25) is 0 Å². The van der Waals surface area contributed by atoms with Gasteiger partial charge >= 0.3 is 6.18 Å². The molecule has 0 bridgehead atoms. The van der Waals surface area contributed by atoms with Crippen LogP contribution in [0.15, 0.2) is 24.3 Å². The number of hydrogen-bond donors (Lipinski definition) is 0. The van der Waals surface area contributed by atoms with Gasteiger partial charge in [-0.2, -0.15) is 13.2 Å². The van der Waals surface area contributed by atoms with E-state index in [9.17, 15) is 18.0 Å². The Kier molecular flexibility index (Phi) is 3.89. The standard InChI is InChI=1S/C10H9F3O3/c1-15-6-16-8-5-3-2-4-7(8)9(14)10(11,12)13/h2-5H,6H2,1H3. The van der Waals surface area contributed by atoms with Gasteiger partial charge in [0.1, 0.15) is 5.75 Å². The van der Waals surface area contributed by atoms with Gasteiger partial charge in [-0.3, -0.25) is 4.79 Å². The molecule has 0 saturated carbocycles. The van der Waals surface area contributed by atoms with Gasteiger partial charge in [0.2, 0.25) is 0 Å². The first-order valence-electron chi connectivity index (χ1n) is 4.29. The number of Topliss-reactive ketones (excluding diaryl/α,β-unsaturated/α-hetero) is 1. The number of alkyl halides is 3. The molecule has 0 fully saturated rings. The Morgan fingerprint density at radius 3 is 2.50 bits per heavy atom. The molecule has 0 unspecified atom stereocenters. The number of para-hydroxylation sites is 1. The average molecular weight is 234 g/mol. The summed E-state index contributed by atoms with van der Waals surface area (Å²) < 4.78 is 46.0. The van der Waals surface area contributed by atoms with Gasteiger partial charge in [-0.05, 0) is 12.1 Å². The number of hydrogen-bond acceptors (Lipinski definition) is 3. The molecule has 0 N–H and O–H groups in total. The molecule has 0 radical (unpaired) electrons. The summed E-state index contributed by atoms with van der Waals surface area (Å²) in [7, 11) is 1.33. The highest BCUT2D eigenvalue weighted by Crippen LogP contribution is 2.27. The third kappa shape index (κ3) is 2.96. The van der Waals surface area contributed by atoms with Crippen LogP contribution in [0.5, 0.6) is 5.75 Å². The minimum atomic E-state index is -4.91. The Bertz CT molecular complexity index is 374. The second-order valence-corrected chi connectivity index (χ2v) is 2.87. The molecule has 6 heteroatoms. The molecule has 0 atom stereocenters. The predicted molar refractivity (Wildman–Crippen MR) is 49.3 cm³/mol. The second-order valence-electron chi connectivity index (χ2n) is 2.87. The number of ketones is 1. The van der Waals surface area contributed by atoms with E-state index in [2.05, 4.69) is 4.74 Å². The second kappa shape index (κ2) is 4.98. The smallest absolute Gasteiger partial charge is 0.455 e. The molecule has 3 nitrogen and oxygen atoms in total.